The summed E-state index contributed by atoms with van der Waals surface area (Å²) in [5, 5.41) is 0. The largest absolute Gasteiger partial charge is 0.412 e. The maximum Gasteiger partial charge on any atom is 0.139 e. The summed E-state index contributed by atoms with van der Waals surface area (Å²) in [6, 6.07) is 0. The van der Waals surface area contributed by atoms with E-state index < -0.39 is 11.9 Å². The van der Waals surface area contributed by atoms with Gasteiger partial charge in [0, 0.05) is 0 Å². The third-order valence-corrected chi connectivity index (χ3v) is 0. The van der Waals surface area contributed by atoms with Gasteiger partial charge in [0.1, 0.15) is 11.9 Å². The molecule has 0 amide bonds. The molecule has 0 aliphatic carbocycles. The van der Waals surface area contributed by atoms with Crippen LogP contribution in [-0.4, -0.2) is 19.7 Å². The molecule has 0 aromatic carbocycles. The molecule has 5 N–H and O–H groups in total. The molecular formula is H6O4S. The van der Waals surface area contributed by atoms with Gasteiger partial charge < -0.3 is 15.5 Å². The van der Waals surface area contributed by atoms with Crippen LogP contribution in [-0.2, 0) is 11.9 Å². The van der Waals surface area contributed by atoms with Crippen molar-refractivity contribution in [3.63, 3.8) is 0 Å². The van der Waals surface area contributed by atoms with E-state index in [0.717, 1.165) is 0 Å². The van der Waals surface area contributed by atoms with Gasteiger partial charge in [-0.2, -0.15) is 0 Å². The second-order valence-electron chi connectivity index (χ2n) is 0.0816. The van der Waals surface area contributed by atoms with Crippen molar-refractivity contribution in [1.82, 2.24) is 0 Å². The summed E-state index contributed by atoms with van der Waals surface area (Å²) in [4.78, 5) is 0. The van der Waals surface area contributed by atoms with Crippen LogP contribution in [0.2, 0.25) is 0 Å². The van der Waals surface area contributed by atoms with Crippen LogP contribution in [0, 0.1) is 0 Å². The summed E-state index contributed by atoms with van der Waals surface area (Å²) in [6.45, 7) is 0. The fourth-order valence-electron chi connectivity index (χ4n) is 0. The van der Waals surface area contributed by atoms with Crippen LogP contribution in [0.3, 0.4) is 0 Å². The summed E-state index contributed by atoms with van der Waals surface area (Å²) in [5.41, 5.74) is 0. The summed E-state index contributed by atoms with van der Waals surface area (Å²) in [6.07, 6.45) is 0. The number of thiol groups is 1. The molecule has 5 heavy (non-hydrogen) atoms. The monoisotopic (exact) mass is 102 g/mol. The highest BCUT2D eigenvalue weighted by Crippen LogP contribution is 1.08. The van der Waals surface area contributed by atoms with Gasteiger partial charge in [-0.25, -0.2) is 4.21 Å². The van der Waals surface area contributed by atoms with E-state index in [2.05, 4.69) is 0 Å². The molecule has 0 spiro atoms. The normalized spacial score (nSPS) is 3.40. The molecule has 0 aromatic heterocycles. The molecule has 0 aliphatic heterocycles. The molecule has 0 saturated heterocycles. The first-order valence-electron chi connectivity index (χ1n) is 0.383. The van der Waals surface area contributed by atoms with Crippen molar-refractivity contribution in [3.05, 3.63) is 0 Å². The lowest BCUT2D eigenvalue weighted by atomic mass is 15.9. The molecule has 0 atom stereocenters. The van der Waals surface area contributed by atoms with Gasteiger partial charge in [-0.1, -0.05) is 0 Å². The van der Waals surface area contributed by atoms with Crippen molar-refractivity contribution >= 4 is 11.9 Å². The lowest BCUT2D eigenvalue weighted by Gasteiger charge is -1.32. The fraction of sp³-hybridized carbons (Fsp3) is 0. The third kappa shape index (κ3) is 18500. The highest BCUT2D eigenvalue weighted by molar-refractivity contribution is 7.59. The van der Waals surface area contributed by atoms with Gasteiger partial charge in [0.2, 0.25) is 0 Å². The summed E-state index contributed by atoms with van der Waals surface area (Å²) in [7, 11) is 0. The Balaban J connectivity index is -0.0000000200. The van der Waals surface area contributed by atoms with Crippen LogP contribution in [0.1, 0.15) is 0 Å². The molecule has 0 aliphatic rings. The van der Waals surface area contributed by atoms with E-state index in [9.17, 15) is 0 Å². The van der Waals surface area contributed by atoms with Gasteiger partial charge in [-0.05, 0) is 0 Å². The molecular weight excluding hydrogens is 96.1 g/mol. The van der Waals surface area contributed by atoms with Crippen LogP contribution in [0.15, 0.2) is 0 Å². The van der Waals surface area contributed by atoms with Gasteiger partial charge >= 0.3 is 0 Å². The molecule has 0 unspecified atom stereocenters. The Labute approximate surface area is 32.7 Å². The number of rotatable bonds is 0. The maximum atomic E-state index is 8.46. The van der Waals surface area contributed by atoms with E-state index in [0.29, 0.717) is 0 Å². The first-order valence-corrected chi connectivity index (χ1v) is 1.15. The minimum atomic E-state index is -0.833. The zero-order valence-electron chi connectivity index (χ0n) is 2.30. The predicted molar refractivity (Wildman–Crippen MR) is 19.4 cm³/mol. The minimum Gasteiger partial charge on any atom is -0.412 e. The Kier molecular flexibility index (Phi) is 138. The van der Waals surface area contributed by atoms with E-state index in [1.807, 2.05) is 0 Å². The maximum absolute atomic E-state index is 8.46. The third-order valence-electron chi connectivity index (χ3n) is 0. The molecule has 0 heterocycles. The van der Waals surface area contributed by atoms with Gasteiger partial charge in [0.25, 0.3) is 0 Å². The van der Waals surface area contributed by atoms with E-state index in [1.165, 1.54) is 0 Å². The topological polar surface area (TPSA) is 100 Å². The zero-order valence-corrected chi connectivity index (χ0v) is 3.20. The van der Waals surface area contributed by atoms with Crippen molar-refractivity contribution in [1.29, 1.82) is 0 Å². The van der Waals surface area contributed by atoms with E-state index in [-0.39, 0.29) is 11.0 Å². The first-order chi connectivity index (χ1) is 1.41. The van der Waals surface area contributed by atoms with Crippen LogP contribution in [0.4, 0.5) is 0 Å². The van der Waals surface area contributed by atoms with Crippen LogP contribution in [0.25, 0.3) is 0 Å². The van der Waals surface area contributed by atoms with Gasteiger partial charge in [0.05, 0.1) is 0 Å². The van der Waals surface area contributed by atoms with E-state index in [4.69, 9.17) is 8.76 Å². The van der Waals surface area contributed by atoms with Crippen molar-refractivity contribution in [2.24, 2.45) is 0 Å². The quantitative estimate of drug-likeness (QED) is 0.267. The summed E-state index contributed by atoms with van der Waals surface area (Å²) >= 11 is -0.833. The predicted octanol–water partition coefficient (Wildman–Crippen LogP) is -2.24. The molecule has 0 rings (SSSR count). The Hall–Kier alpha value is 0.0300. The van der Waals surface area contributed by atoms with Crippen molar-refractivity contribution < 1.29 is 19.7 Å². The standard InChI is InChI=1S/H2O2S.2H2O/c1-3-2;;/h3H,(H,1,2);2*1H2. The van der Waals surface area contributed by atoms with Crippen LogP contribution >= 0.6 is 0 Å². The van der Waals surface area contributed by atoms with Crippen molar-refractivity contribution in [2.75, 3.05) is 0 Å². The first kappa shape index (κ1) is 19.8. The van der Waals surface area contributed by atoms with Crippen LogP contribution < -0.4 is 0 Å². The lowest BCUT2D eigenvalue weighted by Crippen LogP contribution is -1.39. The fourth-order valence-corrected chi connectivity index (χ4v) is 0. The second kappa shape index (κ2) is 34.9. The van der Waals surface area contributed by atoms with Gasteiger partial charge in [0.15, 0.2) is 0 Å². The highest BCUT2D eigenvalue weighted by atomic mass is 32.2. The van der Waals surface area contributed by atoms with Crippen molar-refractivity contribution in [2.45, 2.75) is 0 Å². The molecule has 5 heteroatoms. The Morgan fingerprint density at radius 2 is 1.40 bits per heavy atom. The Morgan fingerprint density at radius 1 is 1.40 bits per heavy atom. The SMILES string of the molecule is O.O.O=[SH]O. The smallest absolute Gasteiger partial charge is 0.139 e. The summed E-state index contributed by atoms with van der Waals surface area (Å²) in [5.74, 6) is 0. The molecule has 0 fully saturated rings. The molecule has 0 radical (unpaired) electrons. The summed E-state index contributed by atoms with van der Waals surface area (Å²) < 4.78 is 15.4. The lowest BCUT2D eigenvalue weighted by molar-refractivity contribution is 0.586. The van der Waals surface area contributed by atoms with Gasteiger partial charge in [-0.15, -0.1) is 0 Å². The molecule has 0 aromatic rings. The van der Waals surface area contributed by atoms with E-state index >= 15 is 0 Å². The molecule has 0 bridgehead atoms. The zero-order chi connectivity index (χ0) is 2.71. The van der Waals surface area contributed by atoms with Crippen molar-refractivity contribution in [3.8, 4) is 0 Å². The Bertz CT molecular complexity index is 11.1. The highest BCUT2D eigenvalue weighted by Gasteiger charge is 1.17. The molecule has 4 nitrogen and oxygen atoms in total. The number of hydrogen-bond donors (Lipinski definition) is 2. The average molecular weight is 102 g/mol. The average Bonchev–Trinajstić information content (AvgIpc) is 0.918. The second-order valence-corrected chi connectivity index (χ2v) is 0.245. The molecule has 36 valence electrons. The van der Waals surface area contributed by atoms with Gasteiger partial charge in [-0.3, -0.25) is 0 Å². The Morgan fingerprint density at radius 3 is 1.40 bits per heavy atom. The van der Waals surface area contributed by atoms with Crippen LogP contribution in [0.5, 0.6) is 0 Å². The molecule has 0 saturated carbocycles. The number of hydrogen-bond acceptors (Lipinski definition) is 1. The minimum absolute atomic E-state index is 0. The van der Waals surface area contributed by atoms with E-state index in [1.54, 1.807) is 0 Å².